The summed E-state index contributed by atoms with van der Waals surface area (Å²) in [5.74, 6) is -0.263. The number of carbonyl (C=O) groups excluding carboxylic acids is 2. The molecule has 0 atom stereocenters. The first-order valence-electron chi connectivity index (χ1n) is 9.99. The van der Waals surface area contributed by atoms with Gasteiger partial charge in [-0.2, -0.15) is 0 Å². The SMILES string of the molecule is CC(C)c1ccccc1NC(=O)c1cc(C(=O)NCCN2CCOCC2)ccn1. The lowest BCUT2D eigenvalue weighted by Gasteiger charge is -2.26. The van der Waals surface area contributed by atoms with Crippen molar-refractivity contribution in [3.63, 3.8) is 0 Å². The van der Waals surface area contributed by atoms with Crippen LogP contribution < -0.4 is 10.6 Å². The summed E-state index contributed by atoms with van der Waals surface area (Å²) in [6, 6.07) is 10.8. The third-order valence-corrected chi connectivity index (χ3v) is 4.90. The topological polar surface area (TPSA) is 83.6 Å². The van der Waals surface area contributed by atoms with Crippen LogP contribution in [0.25, 0.3) is 0 Å². The zero-order valence-electron chi connectivity index (χ0n) is 17.0. The lowest BCUT2D eigenvalue weighted by atomic mass is 10.0. The molecule has 7 nitrogen and oxygen atoms in total. The number of hydrogen-bond donors (Lipinski definition) is 2. The minimum Gasteiger partial charge on any atom is -0.379 e. The fraction of sp³-hybridized carbons (Fsp3) is 0.409. The van der Waals surface area contributed by atoms with Crippen LogP contribution in [0, 0.1) is 0 Å². The molecule has 0 saturated carbocycles. The highest BCUT2D eigenvalue weighted by Gasteiger charge is 2.15. The second-order valence-electron chi connectivity index (χ2n) is 7.34. The predicted molar refractivity (Wildman–Crippen MR) is 112 cm³/mol. The minimum absolute atomic E-state index is 0.211. The summed E-state index contributed by atoms with van der Waals surface area (Å²) < 4.78 is 5.32. The molecule has 2 N–H and O–H groups in total. The lowest BCUT2D eigenvalue weighted by molar-refractivity contribution is 0.0383. The Labute approximate surface area is 171 Å². The smallest absolute Gasteiger partial charge is 0.274 e. The Morgan fingerprint density at radius 2 is 1.90 bits per heavy atom. The average Bonchev–Trinajstić information content (AvgIpc) is 2.74. The van der Waals surface area contributed by atoms with Crippen molar-refractivity contribution in [2.45, 2.75) is 19.8 Å². The monoisotopic (exact) mass is 396 g/mol. The van der Waals surface area contributed by atoms with E-state index in [0.717, 1.165) is 44.1 Å². The predicted octanol–water partition coefficient (Wildman–Crippen LogP) is 2.52. The molecule has 1 saturated heterocycles. The van der Waals surface area contributed by atoms with Crippen molar-refractivity contribution in [1.29, 1.82) is 0 Å². The average molecular weight is 396 g/mol. The highest BCUT2D eigenvalue weighted by Crippen LogP contribution is 2.24. The highest BCUT2D eigenvalue weighted by molar-refractivity contribution is 6.05. The van der Waals surface area contributed by atoms with Gasteiger partial charge < -0.3 is 15.4 Å². The van der Waals surface area contributed by atoms with E-state index in [4.69, 9.17) is 4.74 Å². The van der Waals surface area contributed by atoms with Crippen LogP contribution in [0.5, 0.6) is 0 Å². The van der Waals surface area contributed by atoms with Gasteiger partial charge in [-0.05, 0) is 29.7 Å². The largest absolute Gasteiger partial charge is 0.379 e. The zero-order valence-corrected chi connectivity index (χ0v) is 17.0. The van der Waals surface area contributed by atoms with Gasteiger partial charge in [0, 0.05) is 43.6 Å². The van der Waals surface area contributed by atoms with Gasteiger partial charge in [0.1, 0.15) is 5.69 Å². The number of carbonyl (C=O) groups is 2. The van der Waals surface area contributed by atoms with Crippen molar-refractivity contribution in [1.82, 2.24) is 15.2 Å². The number of benzene rings is 1. The number of aromatic nitrogens is 1. The van der Waals surface area contributed by atoms with Crippen molar-refractivity contribution in [2.24, 2.45) is 0 Å². The second-order valence-corrected chi connectivity index (χ2v) is 7.34. The number of ether oxygens (including phenoxy) is 1. The van der Waals surface area contributed by atoms with Crippen molar-refractivity contribution in [3.8, 4) is 0 Å². The quantitative estimate of drug-likeness (QED) is 0.751. The first-order valence-corrected chi connectivity index (χ1v) is 9.99. The fourth-order valence-electron chi connectivity index (χ4n) is 3.25. The summed E-state index contributed by atoms with van der Waals surface area (Å²) in [7, 11) is 0. The van der Waals surface area contributed by atoms with Crippen LogP contribution in [0.3, 0.4) is 0 Å². The molecule has 2 amide bonds. The van der Waals surface area contributed by atoms with Crippen molar-refractivity contribution >= 4 is 17.5 Å². The van der Waals surface area contributed by atoms with Crippen molar-refractivity contribution in [2.75, 3.05) is 44.7 Å². The molecule has 1 aromatic heterocycles. The Bertz CT molecular complexity index is 847. The molecule has 0 spiro atoms. The van der Waals surface area contributed by atoms with Crippen LogP contribution >= 0.6 is 0 Å². The van der Waals surface area contributed by atoms with Gasteiger partial charge in [0.25, 0.3) is 11.8 Å². The molecule has 1 fully saturated rings. The summed E-state index contributed by atoms with van der Waals surface area (Å²) in [4.78, 5) is 31.5. The molecule has 7 heteroatoms. The Kier molecular flexibility index (Phi) is 7.32. The second kappa shape index (κ2) is 10.1. The zero-order chi connectivity index (χ0) is 20.6. The van der Waals surface area contributed by atoms with E-state index in [1.54, 1.807) is 6.07 Å². The van der Waals surface area contributed by atoms with E-state index in [0.29, 0.717) is 12.1 Å². The van der Waals surface area contributed by atoms with Crippen LogP contribution in [0.15, 0.2) is 42.6 Å². The van der Waals surface area contributed by atoms with E-state index >= 15 is 0 Å². The summed E-state index contributed by atoms with van der Waals surface area (Å²) in [6.07, 6.45) is 1.49. The molecule has 3 rings (SSSR count). The molecule has 2 heterocycles. The van der Waals surface area contributed by atoms with E-state index in [2.05, 4.69) is 34.4 Å². The third kappa shape index (κ3) is 5.85. The molecule has 1 aliphatic rings. The molecule has 0 aliphatic carbocycles. The van der Waals surface area contributed by atoms with Gasteiger partial charge in [-0.3, -0.25) is 19.5 Å². The number of pyridine rings is 1. The van der Waals surface area contributed by atoms with Crippen molar-refractivity contribution < 1.29 is 14.3 Å². The fourth-order valence-corrected chi connectivity index (χ4v) is 3.25. The van der Waals surface area contributed by atoms with Crippen molar-refractivity contribution in [3.05, 3.63) is 59.4 Å². The molecular formula is C22H28N4O3. The Morgan fingerprint density at radius 1 is 1.14 bits per heavy atom. The van der Waals surface area contributed by atoms with E-state index < -0.39 is 0 Å². The normalized spacial score (nSPS) is 14.6. The number of nitrogens with one attached hydrogen (secondary N) is 2. The summed E-state index contributed by atoms with van der Waals surface area (Å²) >= 11 is 0. The maximum Gasteiger partial charge on any atom is 0.274 e. The Hall–Kier alpha value is -2.77. The number of rotatable bonds is 7. The van der Waals surface area contributed by atoms with Crippen LogP contribution in [-0.2, 0) is 4.74 Å². The molecule has 1 aromatic carbocycles. The molecule has 0 radical (unpaired) electrons. The van der Waals surface area contributed by atoms with Crippen LogP contribution in [-0.4, -0.2) is 61.1 Å². The maximum absolute atomic E-state index is 12.7. The standard InChI is InChI=1S/C22H28N4O3/c1-16(2)18-5-3-4-6-19(18)25-22(28)20-15-17(7-8-23-20)21(27)24-9-10-26-11-13-29-14-12-26/h3-8,15-16H,9-14H2,1-2H3,(H,24,27)(H,25,28). The van der Waals surface area contributed by atoms with E-state index in [1.807, 2.05) is 24.3 Å². The number of amides is 2. The molecular weight excluding hydrogens is 368 g/mol. The first-order chi connectivity index (χ1) is 14.0. The van der Waals surface area contributed by atoms with Gasteiger partial charge in [0.05, 0.1) is 13.2 Å². The number of hydrogen-bond acceptors (Lipinski definition) is 5. The van der Waals surface area contributed by atoms with E-state index in [9.17, 15) is 9.59 Å². The van der Waals surface area contributed by atoms with Gasteiger partial charge in [-0.15, -0.1) is 0 Å². The maximum atomic E-state index is 12.7. The summed E-state index contributed by atoms with van der Waals surface area (Å²) in [5, 5.41) is 5.81. The van der Waals surface area contributed by atoms with Gasteiger partial charge >= 0.3 is 0 Å². The first kappa shape index (κ1) is 21.0. The molecule has 1 aliphatic heterocycles. The molecule has 0 bridgehead atoms. The highest BCUT2D eigenvalue weighted by atomic mass is 16.5. The van der Waals surface area contributed by atoms with Crippen LogP contribution in [0.4, 0.5) is 5.69 Å². The van der Waals surface area contributed by atoms with Gasteiger partial charge in [-0.1, -0.05) is 32.0 Å². The minimum atomic E-state index is -0.332. The Morgan fingerprint density at radius 3 is 2.66 bits per heavy atom. The number of anilines is 1. The van der Waals surface area contributed by atoms with Crippen LogP contribution in [0.2, 0.25) is 0 Å². The molecule has 0 unspecified atom stereocenters. The lowest BCUT2D eigenvalue weighted by Crippen LogP contribution is -2.41. The number of morpholine rings is 1. The van der Waals surface area contributed by atoms with Gasteiger partial charge in [0.15, 0.2) is 0 Å². The third-order valence-electron chi connectivity index (χ3n) is 4.90. The number of nitrogens with zero attached hydrogens (tertiary/aromatic N) is 2. The van der Waals surface area contributed by atoms with Gasteiger partial charge in [-0.25, -0.2) is 0 Å². The Balaban J connectivity index is 1.59. The van der Waals surface area contributed by atoms with E-state index in [1.165, 1.54) is 12.3 Å². The summed E-state index contributed by atoms with van der Waals surface area (Å²) in [6.45, 7) is 8.70. The summed E-state index contributed by atoms with van der Waals surface area (Å²) in [5.41, 5.74) is 2.45. The number of para-hydroxylation sites is 1. The van der Waals surface area contributed by atoms with Gasteiger partial charge in [0.2, 0.25) is 0 Å². The van der Waals surface area contributed by atoms with Crippen LogP contribution in [0.1, 0.15) is 46.2 Å². The molecule has 29 heavy (non-hydrogen) atoms. The van der Waals surface area contributed by atoms with E-state index in [-0.39, 0.29) is 23.4 Å². The molecule has 2 aromatic rings. The molecule has 154 valence electrons.